The zero-order valence-corrected chi connectivity index (χ0v) is 12.5. The molecule has 118 valence electrons. The molecule has 0 spiro atoms. The third kappa shape index (κ3) is 5.28. The summed E-state index contributed by atoms with van der Waals surface area (Å²) in [5, 5.41) is 16.8. The smallest absolute Gasteiger partial charge is 0.328 e. The van der Waals surface area contributed by atoms with Crippen LogP contribution in [0.4, 0.5) is 10.5 Å². The first kappa shape index (κ1) is 17.2. The number of amides is 2. The number of carbonyl (C=O) groups is 2. The van der Waals surface area contributed by atoms with E-state index >= 15 is 0 Å². The van der Waals surface area contributed by atoms with E-state index in [1.165, 1.54) is 13.0 Å². The summed E-state index contributed by atoms with van der Waals surface area (Å²) in [6.45, 7) is 6.71. The highest BCUT2D eigenvalue weighted by Crippen LogP contribution is 2.10. The van der Waals surface area contributed by atoms with Crippen LogP contribution in [-0.4, -0.2) is 35.6 Å². The number of carbonyl (C=O) groups excluding carboxylic acids is 2. The van der Waals surface area contributed by atoms with Crippen molar-refractivity contribution >= 4 is 23.4 Å². The first-order chi connectivity index (χ1) is 10.5. The van der Waals surface area contributed by atoms with E-state index in [1.54, 1.807) is 31.2 Å². The Morgan fingerprint density at radius 2 is 2.05 bits per heavy atom. The van der Waals surface area contributed by atoms with Gasteiger partial charge in [-0.3, -0.25) is 0 Å². The minimum atomic E-state index is -0.775. The number of hydrogen-bond donors (Lipinski definition) is 3. The molecule has 0 aromatic heterocycles. The highest BCUT2D eigenvalue weighted by Gasteiger charge is 2.16. The van der Waals surface area contributed by atoms with Gasteiger partial charge in [-0.1, -0.05) is 29.9 Å². The van der Waals surface area contributed by atoms with Crippen LogP contribution in [-0.2, 0) is 9.53 Å². The van der Waals surface area contributed by atoms with Crippen LogP contribution in [0.25, 0.3) is 0 Å². The summed E-state index contributed by atoms with van der Waals surface area (Å²) in [4.78, 5) is 23.3. The van der Waals surface area contributed by atoms with Crippen LogP contribution in [0.3, 0.4) is 0 Å². The van der Waals surface area contributed by atoms with Crippen molar-refractivity contribution in [1.82, 2.24) is 5.32 Å². The van der Waals surface area contributed by atoms with Gasteiger partial charge in [0.1, 0.15) is 12.6 Å². The van der Waals surface area contributed by atoms with E-state index in [1.807, 2.05) is 0 Å². The van der Waals surface area contributed by atoms with Crippen LogP contribution in [0.15, 0.2) is 42.1 Å². The summed E-state index contributed by atoms with van der Waals surface area (Å²) in [6, 6.07) is 5.42. The van der Waals surface area contributed by atoms with Crippen LogP contribution in [0.1, 0.15) is 19.4 Å². The van der Waals surface area contributed by atoms with E-state index in [0.29, 0.717) is 11.4 Å². The summed E-state index contributed by atoms with van der Waals surface area (Å²) in [5.41, 5.74) is 1.74. The Bertz CT molecular complexity index is 567. The van der Waals surface area contributed by atoms with Crippen LogP contribution >= 0.6 is 0 Å². The maximum absolute atomic E-state index is 11.8. The van der Waals surface area contributed by atoms with E-state index in [9.17, 15) is 9.59 Å². The van der Waals surface area contributed by atoms with Gasteiger partial charge in [0, 0.05) is 5.69 Å². The van der Waals surface area contributed by atoms with Crippen LogP contribution in [0.5, 0.6) is 0 Å². The van der Waals surface area contributed by atoms with Gasteiger partial charge in [-0.25, -0.2) is 9.59 Å². The SMILES string of the molecule is C=CCOC(=O)C(C)NC(=O)Nc1ccc(C(C)=NO)cc1. The molecule has 1 unspecified atom stereocenters. The number of hydrogen-bond acceptors (Lipinski definition) is 5. The van der Waals surface area contributed by atoms with Crippen molar-refractivity contribution in [2.75, 3.05) is 11.9 Å². The minimum Gasteiger partial charge on any atom is -0.460 e. The van der Waals surface area contributed by atoms with Crippen molar-refractivity contribution < 1.29 is 19.5 Å². The van der Waals surface area contributed by atoms with Gasteiger partial charge in [0.2, 0.25) is 0 Å². The molecular formula is C15H19N3O4. The Hall–Kier alpha value is -2.83. The van der Waals surface area contributed by atoms with Crippen molar-refractivity contribution in [3.63, 3.8) is 0 Å². The van der Waals surface area contributed by atoms with E-state index in [2.05, 4.69) is 22.4 Å². The second-order valence-corrected chi connectivity index (χ2v) is 4.50. The molecule has 1 aromatic carbocycles. The summed E-state index contributed by atoms with van der Waals surface area (Å²) in [6.07, 6.45) is 1.45. The first-order valence-corrected chi connectivity index (χ1v) is 6.62. The molecule has 7 heteroatoms. The van der Waals surface area contributed by atoms with Gasteiger partial charge >= 0.3 is 12.0 Å². The third-order valence-corrected chi connectivity index (χ3v) is 2.76. The average Bonchev–Trinajstić information content (AvgIpc) is 2.52. The zero-order valence-electron chi connectivity index (χ0n) is 12.5. The standard InChI is InChI=1S/C15H19N3O4/c1-4-9-22-14(19)11(3)16-15(20)17-13-7-5-12(6-8-13)10(2)18-21/h4-8,11,21H,1,9H2,2-3H3,(H2,16,17,20). The summed E-state index contributed by atoms with van der Waals surface area (Å²) >= 11 is 0. The van der Waals surface area contributed by atoms with Crippen molar-refractivity contribution in [1.29, 1.82) is 0 Å². The molecule has 1 aromatic rings. The normalized spacial score (nSPS) is 12.2. The molecule has 22 heavy (non-hydrogen) atoms. The lowest BCUT2D eigenvalue weighted by Gasteiger charge is -2.13. The molecule has 0 aliphatic rings. The Morgan fingerprint density at radius 3 is 2.59 bits per heavy atom. The van der Waals surface area contributed by atoms with E-state index in [-0.39, 0.29) is 6.61 Å². The summed E-state index contributed by atoms with van der Waals surface area (Å²) in [5.74, 6) is -0.541. The molecule has 1 rings (SSSR count). The second kappa shape index (κ2) is 8.46. The maximum Gasteiger partial charge on any atom is 0.328 e. The predicted molar refractivity (Wildman–Crippen MR) is 83.2 cm³/mol. The molecule has 0 fully saturated rings. The minimum absolute atomic E-state index is 0.0969. The van der Waals surface area contributed by atoms with Gasteiger partial charge < -0.3 is 20.6 Å². The van der Waals surface area contributed by atoms with Gasteiger partial charge in [-0.15, -0.1) is 0 Å². The molecular weight excluding hydrogens is 286 g/mol. The van der Waals surface area contributed by atoms with Gasteiger partial charge in [0.15, 0.2) is 0 Å². The molecule has 1 atom stereocenters. The number of nitrogens with zero attached hydrogens (tertiary/aromatic N) is 1. The van der Waals surface area contributed by atoms with Crippen LogP contribution in [0, 0.1) is 0 Å². The number of rotatable bonds is 6. The largest absolute Gasteiger partial charge is 0.460 e. The van der Waals surface area contributed by atoms with E-state index in [0.717, 1.165) is 5.56 Å². The molecule has 0 bridgehead atoms. The van der Waals surface area contributed by atoms with Gasteiger partial charge in [-0.2, -0.15) is 0 Å². The van der Waals surface area contributed by atoms with Crippen molar-refractivity contribution in [3.8, 4) is 0 Å². The molecule has 3 N–H and O–H groups in total. The lowest BCUT2D eigenvalue weighted by Crippen LogP contribution is -2.41. The molecule has 0 saturated carbocycles. The number of urea groups is 1. The molecule has 2 amide bonds. The predicted octanol–water partition coefficient (Wildman–Crippen LogP) is 2.12. The zero-order chi connectivity index (χ0) is 16.5. The second-order valence-electron chi connectivity index (χ2n) is 4.50. The highest BCUT2D eigenvalue weighted by atomic mass is 16.5. The first-order valence-electron chi connectivity index (χ1n) is 6.62. The number of esters is 1. The van der Waals surface area contributed by atoms with Crippen LogP contribution in [0.2, 0.25) is 0 Å². The molecule has 0 aliphatic heterocycles. The van der Waals surface area contributed by atoms with E-state index in [4.69, 9.17) is 9.94 Å². The molecule has 0 radical (unpaired) electrons. The number of anilines is 1. The Labute approximate surface area is 128 Å². The van der Waals surface area contributed by atoms with E-state index < -0.39 is 18.0 Å². The molecule has 0 heterocycles. The fourth-order valence-electron chi connectivity index (χ4n) is 1.54. The lowest BCUT2D eigenvalue weighted by molar-refractivity contribution is -0.144. The molecule has 7 nitrogen and oxygen atoms in total. The topological polar surface area (TPSA) is 100 Å². The monoisotopic (exact) mass is 305 g/mol. The highest BCUT2D eigenvalue weighted by molar-refractivity contribution is 5.99. The fraction of sp³-hybridized carbons (Fsp3) is 0.267. The number of benzene rings is 1. The summed E-state index contributed by atoms with van der Waals surface area (Å²) in [7, 11) is 0. The number of nitrogens with one attached hydrogen (secondary N) is 2. The van der Waals surface area contributed by atoms with Gasteiger partial charge in [-0.05, 0) is 31.5 Å². The fourth-order valence-corrected chi connectivity index (χ4v) is 1.54. The average molecular weight is 305 g/mol. The van der Waals surface area contributed by atoms with Gasteiger partial charge in [0.25, 0.3) is 0 Å². The maximum atomic E-state index is 11.8. The lowest BCUT2D eigenvalue weighted by atomic mass is 10.1. The van der Waals surface area contributed by atoms with Crippen molar-refractivity contribution in [2.45, 2.75) is 19.9 Å². The molecule has 0 saturated heterocycles. The Morgan fingerprint density at radius 1 is 1.41 bits per heavy atom. The van der Waals surface area contributed by atoms with Crippen molar-refractivity contribution in [2.24, 2.45) is 5.16 Å². The molecule has 0 aliphatic carbocycles. The van der Waals surface area contributed by atoms with Crippen molar-refractivity contribution in [3.05, 3.63) is 42.5 Å². The quantitative estimate of drug-likeness (QED) is 0.246. The number of ether oxygens (including phenoxy) is 1. The Balaban J connectivity index is 2.54. The van der Waals surface area contributed by atoms with Crippen LogP contribution < -0.4 is 10.6 Å². The number of oxime groups is 1. The summed E-state index contributed by atoms with van der Waals surface area (Å²) < 4.78 is 4.82. The third-order valence-electron chi connectivity index (χ3n) is 2.76. The van der Waals surface area contributed by atoms with Gasteiger partial charge in [0.05, 0.1) is 5.71 Å². The Kier molecular flexibility index (Phi) is 6.62.